The molecule has 0 aromatic heterocycles. The van der Waals surface area contributed by atoms with Gasteiger partial charge in [0.25, 0.3) is 5.91 Å². The molecule has 0 fully saturated rings. The van der Waals surface area contributed by atoms with Crippen molar-refractivity contribution in [1.29, 1.82) is 0 Å². The standard InChI is InChI=1S/C20H21N3O2S/c1-12-8-10-14(11-9-12)18-17(13(2)21-20(26)23-18)19(24)22-15-6-4-5-7-16(15)25-3/h4-11,18H,1-3H3,(H,22,24)(H2,21,23,26)/t18-/m1/s1. The number of ether oxygens (including phenoxy) is 1. The SMILES string of the molecule is COc1ccccc1NC(=O)C1=C(C)NC(=S)N[C@@H]1c1ccc(C)cc1. The lowest BCUT2D eigenvalue weighted by Crippen LogP contribution is -2.45. The van der Waals surface area contributed by atoms with Crippen LogP contribution in [0.1, 0.15) is 24.1 Å². The lowest BCUT2D eigenvalue weighted by atomic mass is 9.94. The van der Waals surface area contributed by atoms with E-state index in [1.807, 2.05) is 56.3 Å². The summed E-state index contributed by atoms with van der Waals surface area (Å²) in [6.07, 6.45) is 0. The Morgan fingerprint density at radius 3 is 2.50 bits per heavy atom. The number of aryl methyl sites for hydroxylation is 1. The average molecular weight is 367 g/mol. The van der Waals surface area contributed by atoms with E-state index in [2.05, 4.69) is 16.0 Å². The van der Waals surface area contributed by atoms with Gasteiger partial charge in [0.1, 0.15) is 5.75 Å². The normalized spacial score (nSPS) is 16.6. The van der Waals surface area contributed by atoms with Gasteiger partial charge >= 0.3 is 0 Å². The van der Waals surface area contributed by atoms with Crippen LogP contribution >= 0.6 is 12.2 Å². The largest absolute Gasteiger partial charge is 0.495 e. The zero-order chi connectivity index (χ0) is 18.7. The van der Waals surface area contributed by atoms with E-state index in [1.165, 1.54) is 0 Å². The van der Waals surface area contributed by atoms with Crippen molar-refractivity contribution in [3.63, 3.8) is 0 Å². The number of amides is 1. The molecule has 3 rings (SSSR count). The predicted molar refractivity (Wildman–Crippen MR) is 107 cm³/mol. The number of methoxy groups -OCH3 is 1. The number of carbonyl (C=O) groups is 1. The highest BCUT2D eigenvalue weighted by Gasteiger charge is 2.30. The van der Waals surface area contributed by atoms with Gasteiger partial charge in [0.15, 0.2) is 5.11 Å². The molecule has 2 aromatic rings. The molecule has 1 heterocycles. The molecule has 0 saturated heterocycles. The van der Waals surface area contributed by atoms with Gasteiger partial charge in [-0.2, -0.15) is 0 Å². The molecular weight excluding hydrogens is 346 g/mol. The van der Waals surface area contributed by atoms with Gasteiger partial charge in [0.05, 0.1) is 24.4 Å². The van der Waals surface area contributed by atoms with Crippen LogP contribution in [0.4, 0.5) is 5.69 Å². The van der Waals surface area contributed by atoms with E-state index in [4.69, 9.17) is 17.0 Å². The summed E-state index contributed by atoms with van der Waals surface area (Å²) >= 11 is 5.29. The summed E-state index contributed by atoms with van der Waals surface area (Å²) in [5.41, 5.74) is 4.08. The van der Waals surface area contributed by atoms with E-state index in [-0.39, 0.29) is 11.9 Å². The summed E-state index contributed by atoms with van der Waals surface area (Å²) < 4.78 is 5.32. The van der Waals surface area contributed by atoms with E-state index in [1.54, 1.807) is 13.2 Å². The first kappa shape index (κ1) is 17.9. The van der Waals surface area contributed by atoms with Crippen molar-refractivity contribution < 1.29 is 9.53 Å². The Morgan fingerprint density at radius 2 is 1.81 bits per heavy atom. The fraction of sp³-hybridized carbons (Fsp3) is 0.200. The van der Waals surface area contributed by atoms with Crippen LogP contribution in [0, 0.1) is 6.92 Å². The van der Waals surface area contributed by atoms with Crippen LogP contribution in [-0.2, 0) is 4.79 Å². The zero-order valence-electron chi connectivity index (χ0n) is 14.9. The topological polar surface area (TPSA) is 62.4 Å². The van der Waals surface area contributed by atoms with E-state index in [0.717, 1.165) is 16.8 Å². The Labute approximate surface area is 158 Å². The maximum atomic E-state index is 13.1. The lowest BCUT2D eigenvalue weighted by Gasteiger charge is -2.30. The molecule has 2 aromatic carbocycles. The molecule has 26 heavy (non-hydrogen) atoms. The summed E-state index contributed by atoms with van der Waals surface area (Å²) in [6.45, 7) is 3.88. The van der Waals surface area contributed by atoms with Crippen LogP contribution in [0.15, 0.2) is 59.8 Å². The molecular formula is C20H21N3O2S. The number of hydrogen-bond donors (Lipinski definition) is 3. The molecule has 1 aliphatic rings. The molecule has 134 valence electrons. The Hall–Kier alpha value is -2.86. The molecule has 3 N–H and O–H groups in total. The summed E-state index contributed by atoms with van der Waals surface area (Å²) in [5.74, 6) is 0.401. The number of nitrogens with one attached hydrogen (secondary N) is 3. The third-order valence-electron chi connectivity index (χ3n) is 4.28. The Morgan fingerprint density at radius 1 is 1.12 bits per heavy atom. The minimum atomic E-state index is -0.320. The Bertz CT molecular complexity index is 875. The summed E-state index contributed by atoms with van der Waals surface area (Å²) in [4.78, 5) is 13.1. The molecule has 1 aliphatic heterocycles. The van der Waals surface area contributed by atoms with Gasteiger partial charge in [-0.3, -0.25) is 4.79 Å². The first-order chi connectivity index (χ1) is 12.5. The van der Waals surface area contributed by atoms with E-state index in [9.17, 15) is 4.79 Å². The second-order valence-electron chi connectivity index (χ2n) is 6.14. The monoisotopic (exact) mass is 367 g/mol. The number of allylic oxidation sites excluding steroid dienone is 1. The van der Waals surface area contributed by atoms with Gasteiger partial charge in [0, 0.05) is 5.70 Å². The summed E-state index contributed by atoms with van der Waals surface area (Å²) in [6, 6.07) is 15.1. The van der Waals surface area contributed by atoms with Gasteiger partial charge in [0.2, 0.25) is 0 Å². The lowest BCUT2D eigenvalue weighted by molar-refractivity contribution is -0.113. The van der Waals surface area contributed by atoms with Crippen LogP contribution in [0.5, 0.6) is 5.75 Å². The van der Waals surface area contributed by atoms with Crippen molar-refractivity contribution in [1.82, 2.24) is 10.6 Å². The van der Waals surface area contributed by atoms with Crippen molar-refractivity contribution in [2.45, 2.75) is 19.9 Å². The Kier molecular flexibility index (Phi) is 5.23. The van der Waals surface area contributed by atoms with Crippen molar-refractivity contribution in [3.05, 3.63) is 70.9 Å². The quantitative estimate of drug-likeness (QED) is 0.723. The van der Waals surface area contributed by atoms with Crippen molar-refractivity contribution in [2.75, 3.05) is 12.4 Å². The molecule has 0 aliphatic carbocycles. The highest BCUT2D eigenvalue weighted by molar-refractivity contribution is 7.80. The smallest absolute Gasteiger partial charge is 0.255 e. The number of rotatable bonds is 4. The van der Waals surface area contributed by atoms with Gasteiger partial charge < -0.3 is 20.7 Å². The number of para-hydroxylation sites is 2. The molecule has 6 heteroatoms. The highest BCUT2D eigenvalue weighted by atomic mass is 32.1. The predicted octanol–water partition coefficient (Wildman–Crippen LogP) is 3.44. The fourth-order valence-electron chi connectivity index (χ4n) is 2.94. The summed E-state index contributed by atoms with van der Waals surface area (Å²) in [5, 5.41) is 9.69. The number of thiocarbonyl (C=S) groups is 1. The van der Waals surface area contributed by atoms with E-state index < -0.39 is 0 Å². The second kappa shape index (κ2) is 7.58. The van der Waals surface area contributed by atoms with Crippen molar-refractivity contribution >= 4 is 28.9 Å². The highest BCUT2D eigenvalue weighted by Crippen LogP contribution is 2.30. The van der Waals surface area contributed by atoms with Crippen molar-refractivity contribution in [3.8, 4) is 5.75 Å². The molecule has 5 nitrogen and oxygen atoms in total. The molecule has 0 radical (unpaired) electrons. The van der Waals surface area contributed by atoms with Crippen LogP contribution < -0.4 is 20.7 Å². The molecule has 0 bridgehead atoms. The first-order valence-corrected chi connectivity index (χ1v) is 8.69. The third-order valence-corrected chi connectivity index (χ3v) is 4.50. The van der Waals surface area contributed by atoms with E-state index >= 15 is 0 Å². The van der Waals surface area contributed by atoms with Gasteiger partial charge in [-0.15, -0.1) is 0 Å². The minimum Gasteiger partial charge on any atom is -0.495 e. The second-order valence-corrected chi connectivity index (χ2v) is 6.54. The molecule has 0 unspecified atom stereocenters. The molecule has 0 spiro atoms. The van der Waals surface area contributed by atoms with Gasteiger partial charge in [-0.1, -0.05) is 42.0 Å². The van der Waals surface area contributed by atoms with E-state index in [0.29, 0.717) is 22.1 Å². The molecule has 0 saturated carbocycles. The van der Waals surface area contributed by atoms with Gasteiger partial charge in [-0.05, 0) is 43.8 Å². The van der Waals surface area contributed by atoms with Crippen LogP contribution in [0.3, 0.4) is 0 Å². The number of hydrogen-bond acceptors (Lipinski definition) is 3. The van der Waals surface area contributed by atoms with Crippen LogP contribution in [0.25, 0.3) is 0 Å². The summed E-state index contributed by atoms with van der Waals surface area (Å²) in [7, 11) is 1.58. The van der Waals surface area contributed by atoms with Crippen molar-refractivity contribution in [2.24, 2.45) is 0 Å². The Balaban J connectivity index is 1.95. The number of benzene rings is 2. The number of carbonyl (C=O) groups excluding carboxylic acids is 1. The minimum absolute atomic E-state index is 0.208. The number of anilines is 1. The third kappa shape index (κ3) is 3.70. The first-order valence-electron chi connectivity index (χ1n) is 8.29. The molecule has 1 amide bonds. The average Bonchev–Trinajstić information content (AvgIpc) is 2.62. The maximum absolute atomic E-state index is 13.1. The van der Waals surface area contributed by atoms with Crippen LogP contribution in [0.2, 0.25) is 0 Å². The van der Waals surface area contributed by atoms with Gasteiger partial charge in [-0.25, -0.2) is 0 Å². The van der Waals surface area contributed by atoms with Crippen LogP contribution in [-0.4, -0.2) is 18.1 Å². The fourth-order valence-corrected chi connectivity index (χ4v) is 3.21. The maximum Gasteiger partial charge on any atom is 0.255 e. The zero-order valence-corrected chi connectivity index (χ0v) is 15.7. The molecule has 1 atom stereocenters.